The largest absolute Gasteiger partial charge is 0.127 e. The third-order valence-corrected chi connectivity index (χ3v) is 5.50. The van der Waals surface area contributed by atoms with Crippen LogP contribution in [-0.2, 0) is 0 Å². The smallest absolute Gasteiger partial charge is 0.0960 e. The minimum Gasteiger partial charge on any atom is -0.127 e. The van der Waals surface area contributed by atoms with E-state index in [-0.39, 0.29) is 4.83 Å². The van der Waals surface area contributed by atoms with Crippen LogP contribution in [0.2, 0.25) is 4.34 Å². The zero-order valence-corrected chi connectivity index (χ0v) is 12.3. The van der Waals surface area contributed by atoms with Crippen molar-refractivity contribution in [2.45, 2.75) is 18.7 Å². The van der Waals surface area contributed by atoms with E-state index < -0.39 is 0 Å². The van der Waals surface area contributed by atoms with E-state index >= 15 is 0 Å². The van der Waals surface area contributed by atoms with Gasteiger partial charge in [-0.25, -0.2) is 0 Å². The number of hydrogen-bond acceptors (Lipinski definition) is 1. The summed E-state index contributed by atoms with van der Waals surface area (Å²) in [6.07, 6.45) is 0. The van der Waals surface area contributed by atoms with Crippen LogP contribution in [0.15, 0.2) is 30.3 Å². The average Bonchev–Trinajstić information content (AvgIpc) is 2.59. The molecule has 0 aliphatic rings. The normalized spacial score (nSPS) is 12.8. The molecule has 0 aliphatic heterocycles. The first-order valence-corrected chi connectivity index (χ1v) is 7.16. The van der Waals surface area contributed by atoms with Crippen molar-refractivity contribution in [3.63, 3.8) is 0 Å². The first-order chi connectivity index (χ1) is 7.59. The topological polar surface area (TPSA) is 0 Å². The molecule has 0 spiro atoms. The third-order valence-electron chi connectivity index (χ3n) is 2.59. The van der Waals surface area contributed by atoms with E-state index in [1.807, 2.05) is 6.92 Å². The molecule has 0 aliphatic carbocycles. The molecule has 0 fully saturated rings. The van der Waals surface area contributed by atoms with Crippen LogP contribution in [0.1, 0.15) is 26.4 Å². The Morgan fingerprint density at radius 3 is 2.44 bits per heavy atom. The predicted octanol–water partition coefficient (Wildman–Crippen LogP) is 5.50. The molecule has 0 radical (unpaired) electrons. The van der Waals surface area contributed by atoms with Crippen molar-refractivity contribution in [1.29, 1.82) is 0 Å². The van der Waals surface area contributed by atoms with Crippen molar-refractivity contribution in [1.82, 2.24) is 0 Å². The van der Waals surface area contributed by atoms with Gasteiger partial charge in [0.15, 0.2) is 0 Å². The van der Waals surface area contributed by atoms with Crippen LogP contribution in [0.25, 0.3) is 0 Å². The molecule has 16 heavy (non-hydrogen) atoms. The molecule has 0 amide bonds. The molecule has 2 rings (SSSR count). The maximum absolute atomic E-state index is 6.10. The lowest BCUT2D eigenvalue weighted by atomic mass is 10.0. The molecule has 0 bridgehead atoms. The molecule has 1 atom stereocenters. The van der Waals surface area contributed by atoms with Crippen molar-refractivity contribution in [3.8, 4) is 0 Å². The van der Waals surface area contributed by atoms with Gasteiger partial charge in [0.2, 0.25) is 0 Å². The Labute approximate surface area is 113 Å². The standard InChI is InChI=1S/C13H12BrClS/c1-8-5-3-4-6-10(8)12(14)11-7-9(2)13(15)16-11/h3-7,12H,1-2H3. The van der Waals surface area contributed by atoms with Gasteiger partial charge < -0.3 is 0 Å². The molecule has 1 aromatic carbocycles. The monoisotopic (exact) mass is 314 g/mol. The summed E-state index contributed by atoms with van der Waals surface area (Å²) < 4.78 is 0.882. The number of alkyl halides is 1. The van der Waals surface area contributed by atoms with E-state index in [2.05, 4.69) is 53.2 Å². The van der Waals surface area contributed by atoms with E-state index in [0.29, 0.717) is 0 Å². The lowest BCUT2D eigenvalue weighted by molar-refractivity contribution is 1.18. The molecular formula is C13H12BrClS. The van der Waals surface area contributed by atoms with Crippen LogP contribution in [0.3, 0.4) is 0 Å². The molecule has 3 heteroatoms. The fourth-order valence-corrected chi connectivity index (χ4v) is 3.77. The van der Waals surface area contributed by atoms with Crippen molar-refractivity contribution >= 4 is 38.9 Å². The van der Waals surface area contributed by atoms with Crippen LogP contribution in [0.4, 0.5) is 0 Å². The highest BCUT2D eigenvalue weighted by Crippen LogP contribution is 2.39. The van der Waals surface area contributed by atoms with Crippen LogP contribution in [0.5, 0.6) is 0 Å². The van der Waals surface area contributed by atoms with Gasteiger partial charge in [0, 0.05) is 4.88 Å². The van der Waals surface area contributed by atoms with Gasteiger partial charge in [-0.15, -0.1) is 11.3 Å². The fraction of sp³-hybridized carbons (Fsp3) is 0.231. The Morgan fingerprint density at radius 2 is 1.88 bits per heavy atom. The van der Waals surface area contributed by atoms with Gasteiger partial charge in [0.05, 0.1) is 9.16 Å². The van der Waals surface area contributed by atoms with E-state index in [4.69, 9.17) is 11.6 Å². The summed E-state index contributed by atoms with van der Waals surface area (Å²) in [6.45, 7) is 4.17. The Kier molecular flexibility index (Phi) is 3.73. The lowest BCUT2D eigenvalue weighted by Gasteiger charge is -2.10. The summed E-state index contributed by atoms with van der Waals surface area (Å²) in [5, 5.41) is 0. The van der Waals surface area contributed by atoms with Crippen molar-refractivity contribution in [2.75, 3.05) is 0 Å². The molecule has 0 saturated carbocycles. The van der Waals surface area contributed by atoms with E-state index in [1.165, 1.54) is 16.0 Å². The van der Waals surface area contributed by atoms with Crippen molar-refractivity contribution in [3.05, 3.63) is 56.2 Å². The molecule has 0 nitrogen and oxygen atoms in total. The van der Waals surface area contributed by atoms with Crippen molar-refractivity contribution in [2.24, 2.45) is 0 Å². The summed E-state index contributed by atoms with van der Waals surface area (Å²) in [5.74, 6) is 0. The SMILES string of the molecule is Cc1ccccc1C(Br)c1cc(C)c(Cl)s1. The summed E-state index contributed by atoms with van der Waals surface area (Å²) in [4.78, 5) is 1.50. The van der Waals surface area contributed by atoms with E-state index in [9.17, 15) is 0 Å². The highest BCUT2D eigenvalue weighted by molar-refractivity contribution is 9.09. The van der Waals surface area contributed by atoms with Crippen LogP contribution >= 0.6 is 38.9 Å². The molecule has 1 unspecified atom stereocenters. The minimum absolute atomic E-state index is 0.241. The quantitative estimate of drug-likeness (QED) is 0.642. The molecule has 0 saturated heterocycles. The zero-order valence-electron chi connectivity index (χ0n) is 9.13. The first-order valence-electron chi connectivity index (χ1n) is 5.05. The van der Waals surface area contributed by atoms with Gasteiger partial charge in [-0.3, -0.25) is 0 Å². The van der Waals surface area contributed by atoms with Gasteiger partial charge in [0.25, 0.3) is 0 Å². The number of aryl methyl sites for hydroxylation is 2. The Morgan fingerprint density at radius 1 is 1.19 bits per heavy atom. The molecule has 1 aromatic heterocycles. The Balaban J connectivity index is 2.39. The van der Waals surface area contributed by atoms with Crippen LogP contribution < -0.4 is 0 Å². The number of benzene rings is 1. The van der Waals surface area contributed by atoms with Crippen molar-refractivity contribution < 1.29 is 0 Å². The molecule has 84 valence electrons. The number of thiophene rings is 1. The summed E-state index contributed by atoms with van der Waals surface area (Å²) in [7, 11) is 0. The molecule has 0 N–H and O–H groups in total. The number of rotatable bonds is 2. The predicted molar refractivity (Wildman–Crippen MR) is 76.0 cm³/mol. The lowest BCUT2D eigenvalue weighted by Crippen LogP contribution is -1.92. The second-order valence-electron chi connectivity index (χ2n) is 3.82. The Bertz CT molecular complexity index is 485. The summed E-state index contributed by atoms with van der Waals surface area (Å²) >= 11 is 11.5. The van der Waals surface area contributed by atoms with Crippen LogP contribution in [0, 0.1) is 13.8 Å². The molecular weight excluding hydrogens is 304 g/mol. The number of hydrogen-bond donors (Lipinski definition) is 0. The van der Waals surface area contributed by atoms with Gasteiger partial charge in [-0.2, -0.15) is 0 Å². The fourth-order valence-electron chi connectivity index (χ4n) is 1.63. The van der Waals surface area contributed by atoms with E-state index in [1.54, 1.807) is 11.3 Å². The molecule has 1 heterocycles. The van der Waals surface area contributed by atoms with Gasteiger partial charge >= 0.3 is 0 Å². The Hall–Kier alpha value is -0.310. The highest BCUT2D eigenvalue weighted by atomic mass is 79.9. The second-order valence-corrected chi connectivity index (χ2v) is 6.43. The minimum atomic E-state index is 0.241. The second kappa shape index (κ2) is 4.91. The zero-order chi connectivity index (χ0) is 11.7. The van der Waals surface area contributed by atoms with Crippen LogP contribution in [-0.4, -0.2) is 0 Å². The van der Waals surface area contributed by atoms with Gasteiger partial charge in [-0.1, -0.05) is 51.8 Å². The maximum atomic E-state index is 6.10. The average molecular weight is 316 g/mol. The highest BCUT2D eigenvalue weighted by Gasteiger charge is 2.15. The van der Waals surface area contributed by atoms with Gasteiger partial charge in [0.1, 0.15) is 0 Å². The summed E-state index contributed by atoms with van der Waals surface area (Å²) in [6, 6.07) is 10.6. The summed E-state index contributed by atoms with van der Waals surface area (Å²) in [5.41, 5.74) is 3.76. The number of halogens is 2. The maximum Gasteiger partial charge on any atom is 0.0960 e. The van der Waals surface area contributed by atoms with E-state index in [0.717, 1.165) is 9.90 Å². The third kappa shape index (κ3) is 2.34. The first kappa shape index (κ1) is 12.2. The molecule has 2 aromatic rings. The van der Waals surface area contributed by atoms with Gasteiger partial charge in [-0.05, 0) is 36.6 Å².